The molecule has 48 heavy (non-hydrogen) atoms. The van der Waals surface area contributed by atoms with Crippen LogP contribution in [0, 0.1) is 0 Å². The van der Waals surface area contributed by atoms with E-state index in [1.165, 1.54) is 24.3 Å². The van der Waals surface area contributed by atoms with Gasteiger partial charge >= 0.3 is 11.9 Å². The molecule has 272 valence electrons. The minimum absolute atomic E-state index is 0.0792. The molecule has 0 aromatic heterocycles. The van der Waals surface area contributed by atoms with Crippen molar-refractivity contribution in [3.8, 4) is 0 Å². The Morgan fingerprint density at radius 2 is 0.917 bits per heavy atom. The monoisotopic (exact) mass is 722 g/mol. The lowest BCUT2D eigenvalue weighted by atomic mass is 10.0. The van der Waals surface area contributed by atoms with Gasteiger partial charge < -0.3 is 37.8 Å². The number of ether oxygens (including phenoxy) is 2. The average molecular weight is 723 g/mol. The highest BCUT2D eigenvalue weighted by Crippen LogP contribution is 2.28. The number of esters is 2. The van der Waals surface area contributed by atoms with Crippen LogP contribution in [0.1, 0.15) is 27.7 Å². The van der Waals surface area contributed by atoms with Crippen LogP contribution in [0.2, 0.25) is 0 Å². The number of ketones is 2. The summed E-state index contributed by atoms with van der Waals surface area (Å²) in [6.45, 7) is 6.21. The van der Waals surface area contributed by atoms with E-state index in [1.54, 1.807) is 0 Å². The predicted molar refractivity (Wildman–Crippen MR) is 170 cm³/mol. The first kappa shape index (κ1) is 44.6. The number of fused-ring (bicyclic) bond motifs is 1. The first-order valence-corrected chi connectivity index (χ1v) is 17.0. The zero-order valence-corrected chi connectivity index (χ0v) is 30.4. The molecule has 2 N–H and O–H groups in total. The molecule has 0 saturated carbocycles. The van der Waals surface area contributed by atoms with Gasteiger partial charge in [-0.1, -0.05) is 24.3 Å². The molecule has 2 aromatic rings. The number of carbonyl (C=O) groups is 4. The molecule has 0 aliphatic heterocycles. The molecule has 0 fully saturated rings. The van der Waals surface area contributed by atoms with Gasteiger partial charge in [-0.05, 0) is 39.8 Å². The third-order valence-electron chi connectivity index (χ3n) is 6.54. The highest BCUT2D eigenvalue weighted by atomic mass is 32.2. The second-order valence-corrected chi connectivity index (χ2v) is 15.8. The van der Waals surface area contributed by atoms with Crippen LogP contribution in [0.4, 0.5) is 0 Å². The lowest BCUT2D eigenvalue weighted by Crippen LogP contribution is -2.45. The van der Waals surface area contributed by atoms with E-state index in [-0.39, 0.29) is 24.0 Å². The summed E-state index contributed by atoms with van der Waals surface area (Å²) in [6, 6.07) is 7.09. The summed E-state index contributed by atoms with van der Waals surface area (Å²) in [5, 5.41) is 18.8. The zero-order chi connectivity index (χ0) is 38.1. The van der Waals surface area contributed by atoms with Crippen LogP contribution in [0.25, 0.3) is 10.8 Å². The van der Waals surface area contributed by atoms with Gasteiger partial charge in [0.2, 0.25) is 11.2 Å². The Hall–Kier alpha value is -3.36. The van der Waals surface area contributed by atoms with E-state index in [2.05, 4.69) is 0 Å². The molecule has 0 radical (unpaired) electrons. The largest absolute Gasteiger partial charge is 0.744 e. The third-order valence-corrected chi connectivity index (χ3v) is 8.33. The molecule has 0 aliphatic rings. The number of carbonyl (C=O) groups excluding carboxylic acids is 4. The van der Waals surface area contributed by atoms with Crippen molar-refractivity contribution in [2.75, 3.05) is 68.6 Å². The molecule has 2 aromatic carbocycles. The Morgan fingerprint density at radius 3 is 1.12 bits per heavy atom. The van der Waals surface area contributed by atoms with E-state index in [0.29, 0.717) is 22.1 Å². The SMILES string of the molecule is CC(=O)C(C)(O)C(=O)OCC[N+](C)(C)C.CC(=O)C(C)(O)C(=O)OCC[N+](C)(C)C.O=S(=O)([O-])c1cccc2c(S(=O)(=O)[O-])cccc12. The number of quaternary nitrogens is 2. The van der Waals surface area contributed by atoms with E-state index in [1.807, 2.05) is 42.3 Å². The summed E-state index contributed by atoms with van der Waals surface area (Å²) >= 11 is 0. The van der Waals surface area contributed by atoms with Crippen LogP contribution in [0.5, 0.6) is 0 Å². The number of hydrogen-bond donors (Lipinski definition) is 2. The lowest BCUT2D eigenvalue weighted by molar-refractivity contribution is -0.870. The quantitative estimate of drug-likeness (QED) is 0.125. The summed E-state index contributed by atoms with van der Waals surface area (Å²) in [5.41, 5.74) is -4.05. The van der Waals surface area contributed by atoms with E-state index < -0.39 is 64.7 Å². The first-order chi connectivity index (χ1) is 21.4. The molecular formula is C30H46N2O14S2. The molecule has 0 spiro atoms. The number of rotatable bonds is 12. The van der Waals surface area contributed by atoms with Crippen molar-refractivity contribution in [1.29, 1.82) is 0 Å². The van der Waals surface area contributed by atoms with Crippen LogP contribution in [-0.4, -0.2) is 148 Å². The molecule has 0 aliphatic carbocycles. The highest BCUT2D eigenvalue weighted by Gasteiger charge is 2.38. The van der Waals surface area contributed by atoms with Crippen LogP contribution in [0.3, 0.4) is 0 Å². The normalized spacial score (nSPS) is 14.5. The summed E-state index contributed by atoms with van der Waals surface area (Å²) in [6.07, 6.45) is 0. The number of Topliss-reactive ketones (excluding diaryl/α,β-unsaturated/α-hetero) is 2. The molecular weight excluding hydrogens is 676 g/mol. The van der Waals surface area contributed by atoms with Gasteiger partial charge in [-0.25, -0.2) is 26.4 Å². The number of aliphatic hydroxyl groups is 2. The van der Waals surface area contributed by atoms with Crippen molar-refractivity contribution in [3.63, 3.8) is 0 Å². The fraction of sp³-hybridized carbons (Fsp3) is 0.533. The summed E-state index contributed by atoms with van der Waals surface area (Å²) < 4.78 is 77.1. The van der Waals surface area contributed by atoms with Crippen molar-refractivity contribution in [2.24, 2.45) is 0 Å². The van der Waals surface area contributed by atoms with Crippen molar-refractivity contribution >= 4 is 54.5 Å². The van der Waals surface area contributed by atoms with Crippen LogP contribution in [-0.2, 0) is 48.9 Å². The van der Waals surface area contributed by atoms with E-state index in [4.69, 9.17) is 9.47 Å². The Labute approximate surface area is 281 Å². The van der Waals surface area contributed by atoms with Gasteiger partial charge in [-0.2, -0.15) is 0 Å². The molecule has 2 unspecified atom stereocenters. The van der Waals surface area contributed by atoms with Crippen LogP contribution >= 0.6 is 0 Å². The fourth-order valence-electron chi connectivity index (χ4n) is 3.08. The average Bonchev–Trinajstić information content (AvgIpc) is 2.90. The van der Waals surface area contributed by atoms with Crippen molar-refractivity contribution in [2.45, 2.75) is 48.7 Å². The van der Waals surface area contributed by atoms with Crippen LogP contribution < -0.4 is 0 Å². The van der Waals surface area contributed by atoms with E-state index in [0.717, 1.165) is 39.8 Å². The minimum atomic E-state index is -4.74. The molecule has 0 saturated heterocycles. The Morgan fingerprint density at radius 1 is 0.646 bits per heavy atom. The van der Waals surface area contributed by atoms with Gasteiger partial charge in [-0.3, -0.25) is 9.59 Å². The maximum absolute atomic E-state index is 11.3. The van der Waals surface area contributed by atoms with Gasteiger partial charge in [0.1, 0.15) is 46.5 Å². The van der Waals surface area contributed by atoms with Crippen LogP contribution in [0.15, 0.2) is 46.2 Å². The predicted octanol–water partition coefficient (Wildman–Crippen LogP) is -0.200. The number of hydrogen-bond acceptors (Lipinski definition) is 14. The molecule has 2 rings (SSSR count). The molecule has 0 heterocycles. The van der Waals surface area contributed by atoms with Gasteiger partial charge in [0.05, 0.1) is 52.1 Å². The maximum Gasteiger partial charge on any atom is 0.345 e. The smallest absolute Gasteiger partial charge is 0.345 e. The van der Waals surface area contributed by atoms with Gasteiger partial charge in [0, 0.05) is 10.8 Å². The van der Waals surface area contributed by atoms with Gasteiger partial charge in [0.15, 0.2) is 11.6 Å². The maximum atomic E-state index is 11.3. The highest BCUT2D eigenvalue weighted by molar-refractivity contribution is 7.86. The Bertz CT molecular complexity index is 1560. The molecule has 16 nitrogen and oxygen atoms in total. The van der Waals surface area contributed by atoms with Gasteiger partial charge in [0.25, 0.3) is 0 Å². The van der Waals surface area contributed by atoms with E-state index >= 15 is 0 Å². The summed E-state index contributed by atoms with van der Waals surface area (Å²) in [7, 11) is 2.25. The Balaban J connectivity index is 0.000000696. The van der Waals surface area contributed by atoms with Gasteiger partial charge in [-0.15, -0.1) is 0 Å². The summed E-state index contributed by atoms with van der Waals surface area (Å²) in [4.78, 5) is 43.3. The number of likely N-dealkylation sites (N-methyl/N-ethyl adjacent to an activating group) is 2. The molecule has 0 bridgehead atoms. The minimum Gasteiger partial charge on any atom is -0.744 e. The number of nitrogens with zero attached hydrogens (tertiary/aromatic N) is 2. The standard InChI is InChI=1S/2C10H20NO4.C10H8O6S2/c2*1-8(12)10(2,14)9(13)15-7-6-11(3,4)5;11-17(12,13)9-5-1-3-7-8(9)4-2-6-10(7)18(14,15)16/h2*14H,6-7H2,1-5H3;1-6H,(H,11,12,13)(H,14,15,16)/q2*+1;/p-2. The molecule has 0 amide bonds. The van der Waals surface area contributed by atoms with E-state index in [9.17, 15) is 55.3 Å². The topological polar surface area (TPSA) is 242 Å². The second-order valence-electron chi connectivity index (χ2n) is 13.1. The van der Waals surface area contributed by atoms with Crippen molar-refractivity contribution < 1.29 is 73.8 Å². The molecule has 2 atom stereocenters. The number of benzene rings is 2. The third kappa shape index (κ3) is 14.8. The van der Waals surface area contributed by atoms with Crippen molar-refractivity contribution in [3.05, 3.63) is 36.4 Å². The van der Waals surface area contributed by atoms with Crippen molar-refractivity contribution in [1.82, 2.24) is 0 Å². The first-order valence-electron chi connectivity index (χ1n) is 14.2. The summed E-state index contributed by atoms with van der Waals surface area (Å²) in [5.74, 6) is -3.00. The fourth-order valence-corrected chi connectivity index (χ4v) is 4.47. The second kappa shape index (κ2) is 16.8. The molecule has 18 heteroatoms. The Kier molecular flexibility index (Phi) is 15.7. The lowest BCUT2D eigenvalue weighted by Gasteiger charge is -2.24. The zero-order valence-electron chi connectivity index (χ0n) is 28.8.